The van der Waals surface area contributed by atoms with E-state index < -0.39 is 12.1 Å². The van der Waals surface area contributed by atoms with Gasteiger partial charge >= 0.3 is 5.97 Å². The van der Waals surface area contributed by atoms with E-state index in [9.17, 15) is 14.4 Å². The number of Topliss-reactive ketones (excluding diaryl/α,β-unsaturated/α-hetero) is 1. The van der Waals surface area contributed by atoms with Gasteiger partial charge in [-0.25, -0.2) is 0 Å². The summed E-state index contributed by atoms with van der Waals surface area (Å²) in [6.45, 7) is 7.97. The minimum atomic E-state index is -0.898. The summed E-state index contributed by atoms with van der Waals surface area (Å²) < 4.78 is 10.7. The van der Waals surface area contributed by atoms with E-state index in [4.69, 9.17) is 9.47 Å². The SMILES string of the molecule is C[C@H](OC(=O)CCN1C(=O)COc2ccccc21)C(=O)c1ccc(C(C)(C)C)cc1. The van der Waals surface area contributed by atoms with Gasteiger partial charge in [0.25, 0.3) is 5.91 Å². The van der Waals surface area contributed by atoms with Crippen molar-refractivity contribution in [3.05, 3.63) is 59.7 Å². The number of ketones is 1. The molecule has 1 heterocycles. The van der Waals surface area contributed by atoms with Crippen LogP contribution in [0.5, 0.6) is 5.75 Å². The monoisotopic (exact) mass is 409 g/mol. The van der Waals surface area contributed by atoms with Gasteiger partial charge in [-0.3, -0.25) is 14.4 Å². The molecule has 0 aromatic heterocycles. The summed E-state index contributed by atoms with van der Waals surface area (Å²) in [5.74, 6) is -0.396. The van der Waals surface area contributed by atoms with E-state index in [2.05, 4.69) is 20.8 Å². The number of para-hydroxylation sites is 2. The normalized spacial score (nSPS) is 14.5. The number of benzene rings is 2. The summed E-state index contributed by atoms with van der Waals surface area (Å²) in [6, 6.07) is 14.5. The fourth-order valence-electron chi connectivity index (χ4n) is 3.28. The molecule has 1 aliphatic rings. The first-order chi connectivity index (χ1) is 14.2. The molecular formula is C24H27NO5. The van der Waals surface area contributed by atoms with Crippen molar-refractivity contribution < 1.29 is 23.9 Å². The fourth-order valence-corrected chi connectivity index (χ4v) is 3.28. The highest BCUT2D eigenvalue weighted by atomic mass is 16.5. The molecule has 30 heavy (non-hydrogen) atoms. The van der Waals surface area contributed by atoms with Crippen LogP contribution >= 0.6 is 0 Å². The molecule has 1 aliphatic heterocycles. The van der Waals surface area contributed by atoms with Crippen LogP contribution in [0, 0.1) is 0 Å². The van der Waals surface area contributed by atoms with Crippen LogP contribution < -0.4 is 9.64 Å². The zero-order valence-corrected chi connectivity index (χ0v) is 17.8. The van der Waals surface area contributed by atoms with Gasteiger partial charge < -0.3 is 14.4 Å². The number of fused-ring (bicyclic) bond motifs is 1. The lowest BCUT2D eigenvalue weighted by atomic mass is 9.86. The summed E-state index contributed by atoms with van der Waals surface area (Å²) in [7, 11) is 0. The molecule has 0 N–H and O–H groups in total. The van der Waals surface area contributed by atoms with Crippen molar-refractivity contribution in [3.8, 4) is 5.75 Å². The van der Waals surface area contributed by atoms with E-state index >= 15 is 0 Å². The van der Waals surface area contributed by atoms with Crippen LogP contribution in [0.1, 0.15) is 50.0 Å². The van der Waals surface area contributed by atoms with E-state index in [1.807, 2.05) is 18.2 Å². The highest BCUT2D eigenvalue weighted by Gasteiger charge is 2.26. The Morgan fingerprint density at radius 2 is 1.77 bits per heavy atom. The largest absolute Gasteiger partial charge is 0.482 e. The molecule has 6 heteroatoms. The fraction of sp³-hybridized carbons (Fsp3) is 0.375. The highest BCUT2D eigenvalue weighted by Crippen LogP contribution is 2.31. The lowest BCUT2D eigenvalue weighted by Crippen LogP contribution is -2.40. The zero-order chi connectivity index (χ0) is 21.9. The van der Waals surface area contributed by atoms with Crippen molar-refractivity contribution in [2.75, 3.05) is 18.1 Å². The van der Waals surface area contributed by atoms with E-state index in [1.165, 1.54) is 4.90 Å². The van der Waals surface area contributed by atoms with Gasteiger partial charge in [-0.15, -0.1) is 0 Å². The molecule has 6 nitrogen and oxygen atoms in total. The molecule has 0 bridgehead atoms. The Kier molecular flexibility index (Phi) is 6.25. The van der Waals surface area contributed by atoms with Crippen molar-refractivity contribution in [2.45, 2.75) is 45.6 Å². The van der Waals surface area contributed by atoms with Crippen molar-refractivity contribution in [1.82, 2.24) is 0 Å². The van der Waals surface area contributed by atoms with Crippen LogP contribution in [0.4, 0.5) is 5.69 Å². The van der Waals surface area contributed by atoms with Gasteiger partial charge in [0, 0.05) is 12.1 Å². The quantitative estimate of drug-likeness (QED) is 0.534. The van der Waals surface area contributed by atoms with Crippen LogP contribution in [0.25, 0.3) is 0 Å². The van der Waals surface area contributed by atoms with Gasteiger partial charge in [0.05, 0.1) is 12.1 Å². The zero-order valence-electron chi connectivity index (χ0n) is 17.8. The summed E-state index contributed by atoms with van der Waals surface area (Å²) in [5.41, 5.74) is 2.25. The molecule has 0 saturated carbocycles. The minimum absolute atomic E-state index is 0.00476. The number of hydrogen-bond acceptors (Lipinski definition) is 5. The Morgan fingerprint density at radius 1 is 1.10 bits per heavy atom. The van der Waals surface area contributed by atoms with Gasteiger partial charge in [-0.05, 0) is 30.0 Å². The van der Waals surface area contributed by atoms with Crippen molar-refractivity contribution in [1.29, 1.82) is 0 Å². The van der Waals surface area contributed by atoms with Gasteiger partial charge in [-0.1, -0.05) is 57.2 Å². The molecule has 1 atom stereocenters. The number of amides is 1. The molecule has 0 radical (unpaired) electrons. The number of rotatable bonds is 6. The first-order valence-electron chi connectivity index (χ1n) is 10.0. The lowest BCUT2D eigenvalue weighted by molar-refractivity contribution is -0.146. The van der Waals surface area contributed by atoms with Crippen LogP contribution in [0.15, 0.2) is 48.5 Å². The Balaban J connectivity index is 1.57. The van der Waals surface area contributed by atoms with Crippen LogP contribution in [0.3, 0.4) is 0 Å². The molecule has 0 saturated heterocycles. The van der Waals surface area contributed by atoms with Crippen molar-refractivity contribution >= 4 is 23.3 Å². The van der Waals surface area contributed by atoms with Gasteiger partial charge in [-0.2, -0.15) is 0 Å². The third kappa shape index (κ3) is 4.87. The Labute approximate surface area is 176 Å². The minimum Gasteiger partial charge on any atom is -0.482 e. The number of hydrogen-bond donors (Lipinski definition) is 0. The molecule has 0 aliphatic carbocycles. The number of ether oxygens (including phenoxy) is 2. The maximum Gasteiger partial charge on any atom is 0.308 e. The number of carbonyl (C=O) groups is 3. The summed E-state index contributed by atoms with van der Waals surface area (Å²) in [5, 5.41) is 0. The summed E-state index contributed by atoms with van der Waals surface area (Å²) in [4.78, 5) is 38.6. The van der Waals surface area contributed by atoms with E-state index in [0.717, 1.165) is 5.56 Å². The van der Waals surface area contributed by atoms with Crippen LogP contribution in [-0.2, 0) is 19.7 Å². The lowest BCUT2D eigenvalue weighted by Gasteiger charge is -2.29. The number of esters is 1. The van der Waals surface area contributed by atoms with Gasteiger partial charge in [0.15, 0.2) is 12.7 Å². The van der Waals surface area contributed by atoms with Crippen molar-refractivity contribution in [2.24, 2.45) is 0 Å². The molecule has 3 rings (SSSR count). The van der Waals surface area contributed by atoms with E-state index in [0.29, 0.717) is 17.0 Å². The van der Waals surface area contributed by atoms with Crippen LogP contribution in [-0.4, -0.2) is 36.9 Å². The summed E-state index contributed by atoms with van der Waals surface area (Å²) >= 11 is 0. The molecule has 158 valence electrons. The van der Waals surface area contributed by atoms with Gasteiger partial charge in [0.1, 0.15) is 5.75 Å². The molecule has 2 aromatic rings. The molecule has 0 unspecified atom stereocenters. The predicted molar refractivity (Wildman–Crippen MR) is 114 cm³/mol. The van der Waals surface area contributed by atoms with E-state index in [1.54, 1.807) is 37.3 Å². The molecule has 0 spiro atoms. The molecule has 2 aromatic carbocycles. The predicted octanol–water partition coefficient (Wildman–Crippen LogP) is 3.91. The van der Waals surface area contributed by atoms with E-state index in [-0.39, 0.29) is 36.7 Å². The van der Waals surface area contributed by atoms with Gasteiger partial charge in [0.2, 0.25) is 5.78 Å². The maximum atomic E-state index is 12.6. The highest BCUT2D eigenvalue weighted by molar-refractivity contribution is 6.00. The Morgan fingerprint density at radius 3 is 2.43 bits per heavy atom. The third-order valence-corrected chi connectivity index (χ3v) is 5.06. The average molecular weight is 409 g/mol. The maximum absolute atomic E-state index is 12.6. The molecular weight excluding hydrogens is 382 g/mol. The average Bonchev–Trinajstić information content (AvgIpc) is 2.72. The number of carbonyl (C=O) groups excluding carboxylic acids is 3. The second kappa shape index (κ2) is 8.69. The topological polar surface area (TPSA) is 72.9 Å². The van der Waals surface area contributed by atoms with Crippen molar-refractivity contribution in [3.63, 3.8) is 0 Å². The third-order valence-electron chi connectivity index (χ3n) is 5.06. The standard InChI is InChI=1S/C24H27NO5/c1-16(23(28)17-9-11-18(12-10-17)24(2,3)4)30-22(27)13-14-25-19-7-5-6-8-20(19)29-15-21(25)26/h5-12,16H,13-15H2,1-4H3/t16-/m0/s1. The summed E-state index contributed by atoms with van der Waals surface area (Å²) in [6.07, 6.45) is -0.911. The Bertz CT molecular complexity index is 943. The Hall–Kier alpha value is -3.15. The first kappa shape index (κ1) is 21.6. The second-order valence-corrected chi connectivity index (χ2v) is 8.38. The molecule has 1 amide bonds. The number of nitrogens with zero attached hydrogens (tertiary/aromatic N) is 1. The van der Waals surface area contributed by atoms with Crippen LogP contribution in [0.2, 0.25) is 0 Å². The first-order valence-corrected chi connectivity index (χ1v) is 10.0. The second-order valence-electron chi connectivity index (χ2n) is 8.38. The smallest absolute Gasteiger partial charge is 0.308 e. The molecule has 0 fully saturated rings. The number of anilines is 1.